The van der Waals surface area contributed by atoms with Crippen molar-refractivity contribution >= 4 is 34.1 Å². The number of hydrogen-bond acceptors (Lipinski definition) is 6. The van der Waals surface area contributed by atoms with Gasteiger partial charge in [0.2, 0.25) is 5.13 Å². The van der Waals surface area contributed by atoms with Crippen LogP contribution in [0.1, 0.15) is 37.8 Å². The van der Waals surface area contributed by atoms with Crippen molar-refractivity contribution in [3.8, 4) is 5.75 Å². The third-order valence-corrected chi connectivity index (χ3v) is 5.39. The summed E-state index contributed by atoms with van der Waals surface area (Å²) in [4.78, 5) is 12.4. The summed E-state index contributed by atoms with van der Waals surface area (Å²) < 4.78 is 6.72. The van der Waals surface area contributed by atoms with Crippen molar-refractivity contribution in [2.45, 2.75) is 44.1 Å². The fraction of sp³-hybridized carbons (Fsp3) is 0.389. The highest BCUT2D eigenvalue weighted by molar-refractivity contribution is 8.01. The first-order valence-electron chi connectivity index (χ1n) is 8.06. The van der Waals surface area contributed by atoms with Crippen LogP contribution in [0.25, 0.3) is 0 Å². The van der Waals surface area contributed by atoms with Crippen LogP contribution in [-0.4, -0.2) is 28.0 Å². The van der Waals surface area contributed by atoms with Crippen molar-refractivity contribution in [3.63, 3.8) is 0 Å². The standard InChI is InChI=1S/C18H23N3O2S2/c1-6-9-24-18-21-20-17(25-18)19-16(22)13(5)23-15-10-12(4)7-8-14(15)11(2)3/h6-8,10-11,13H,1,9H2,2-5H3,(H,19,20,22)/t13-/m1/s1. The Morgan fingerprint density at radius 1 is 1.40 bits per heavy atom. The molecule has 1 atom stereocenters. The number of anilines is 1. The van der Waals surface area contributed by atoms with E-state index in [0.29, 0.717) is 11.0 Å². The van der Waals surface area contributed by atoms with E-state index in [9.17, 15) is 4.79 Å². The van der Waals surface area contributed by atoms with Gasteiger partial charge in [-0.25, -0.2) is 0 Å². The van der Waals surface area contributed by atoms with E-state index in [1.807, 2.05) is 19.1 Å². The van der Waals surface area contributed by atoms with Gasteiger partial charge in [0.05, 0.1) is 0 Å². The lowest BCUT2D eigenvalue weighted by Gasteiger charge is -2.18. The Labute approximate surface area is 156 Å². The number of ether oxygens (including phenoxy) is 1. The number of nitrogens with zero attached hydrogens (tertiary/aromatic N) is 2. The van der Waals surface area contributed by atoms with Crippen molar-refractivity contribution in [3.05, 3.63) is 42.0 Å². The van der Waals surface area contributed by atoms with Crippen molar-refractivity contribution in [1.29, 1.82) is 0 Å². The van der Waals surface area contributed by atoms with Crippen LogP contribution in [0.5, 0.6) is 5.75 Å². The van der Waals surface area contributed by atoms with Crippen LogP contribution < -0.4 is 10.1 Å². The van der Waals surface area contributed by atoms with Gasteiger partial charge in [-0.1, -0.05) is 55.2 Å². The maximum atomic E-state index is 12.4. The minimum atomic E-state index is -0.632. The molecule has 2 rings (SSSR count). The van der Waals surface area contributed by atoms with Crippen LogP contribution in [0.4, 0.5) is 5.13 Å². The van der Waals surface area contributed by atoms with Gasteiger partial charge >= 0.3 is 0 Å². The molecular weight excluding hydrogens is 354 g/mol. The summed E-state index contributed by atoms with van der Waals surface area (Å²) in [5, 5.41) is 11.2. The Hall–Kier alpha value is -1.86. The topological polar surface area (TPSA) is 64.1 Å². The highest BCUT2D eigenvalue weighted by Gasteiger charge is 2.19. The van der Waals surface area contributed by atoms with E-state index in [2.05, 4.69) is 42.0 Å². The van der Waals surface area contributed by atoms with Crippen LogP contribution in [0.15, 0.2) is 35.2 Å². The zero-order valence-corrected chi connectivity index (χ0v) is 16.5. The SMILES string of the molecule is C=CCSc1nnc(NC(=O)[C@@H](C)Oc2cc(C)ccc2C(C)C)s1. The van der Waals surface area contributed by atoms with E-state index in [4.69, 9.17) is 4.74 Å². The Kier molecular flexibility index (Phi) is 7.01. The van der Waals surface area contributed by atoms with Gasteiger partial charge < -0.3 is 4.74 Å². The van der Waals surface area contributed by atoms with Crippen LogP contribution in [0, 0.1) is 6.92 Å². The second-order valence-electron chi connectivity index (χ2n) is 5.92. The lowest BCUT2D eigenvalue weighted by Crippen LogP contribution is -2.30. The van der Waals surface area contributed by atoms with Gasteiger partial charge in [0.15, 0.2) is 10.4 Å². The van der Waals surface area contributed by atoms with E-state index in [0.717, 1.165) is 27.0 Å². The molecule has 0 unspecified atom stereocenters. The number of rotatable bonds is 8. The number of carbonyl (C=O) groups excluding carboxylic acids is 1. The Morgan fingerprint density at radius 3 is 2.84 bits per heavy atom. The smallest absolute Gasteiger partial charge is 0.266 e. The number of hydrogen-bond donors (Lipinski definition) is 1. The summed E-state index contributed by atoms with van der Waals surface area (Å²) >= 11 is 2.87. The molecule has 5 nitrogen and oxygen atoms in total. The average molecular weight is 378 g/mol. The van der Waals surface area contributed by atoms with Gasteiger partial charge in [0, 0.05) is 5.75 Å². The number of amides is 1. The second-order valence-corrected chi connectivity index (χ2v) is 8.16. The monoisotopic (exact) mass is 377 g/mol. The fourth-order valence-electron chi connectivity index (χ4n) is 2.12. The minimum absolute atomic E-state index is 0.243. The lowest BCUT2D eigenvalue weighted by atomic mass is 10.0. The summed E-state index contributed by atoms with van der Waals surface area (Å²) in [6.07, 6.45) is 1.17. The maximum absolute atomic E-state index is 12.4. The van der Waals surface area contributed by atoms with E-state index in [-0.39, 0.29) is 5.91 Å². The molecule has 0 bridgehead atoms. The summed E-state index contributed by atoms with van der Waals surface area (Å²) in [5.74, 6) is 1.58. The van der Waals surface area contributed by atoms with E-state index < -0.39 is 6.10 Å². The zero-order valence-electron chi connectivity index (χ0n) is 14.9. The molecule has 25 heavy (non-hydrogen) atoms. The highest BCUT2D eigenvalue weighted by Crippen LogP contribution is 2.29. The number of carbonyl (C=O) groups is 1. The van der Waals surface area contributed by atoms with Crippen molar-refractivity contribution < 1.29 is 9.53 Å². The third-order valence-electron chi connectivity index (χ3n) is 3.43. The molecule has 0 saturated carbocycles. The minimum Gasteiger partial charge on any atom is -0.481 e. The second kappa shape index (κ2) is 9.01. The molecule has 0 aliphatic rings. The lowest BCUT2D eigenvalue weighted by molar-refractivity contribution is -0.122. The largest absolute Gasteiger partial charge is 0.481 e. The molecule has 2 aromatic rings. The summed E-state index contributed by atoms with van der Waals surface area (Å²) in [6, 6.07) is 6.07. The summed E-state index contributed by atoms with van der Waals surface area (Å²) in [5.41, 5.74) is 2.18. The number of aromatic nitrogens is 2. The Balaban J connectivity index is 2.02. The Bertz CT molecular complexity index is 744. The normalized spacial score (nSPS) is 12.0. The first kappa shape index (κ1) is 19.5. The molecular formula is C18H23N3O2S2. The Morgan fingerprint density at radius 2 is 2.16 bits per heavy atom. The van der Waals surface area contributed by atoms with Gasteiger partial charge in [0.1, 0.15) is 5.75 Å². The quantitative estimate of drug-likeness (QED) is 0.412. The molecule has 0 spiro atoms. The molecule has 7 heteroatoms. The van der Waals surface area contributed by atoms with Gasteiger partial charge in [-0.2, -0.15) is 0 Å². The molecule has 0 radical (unpaired) electrons. The fourth-order valence-corrected chi connectivity index (χ4v) is 3.64. The predicted octanol–water partition coefficient (Wildman–Crippen LogP) is 4.65. The van der Waals surface area contributed by atoms with E-state index in [1.165, 1.54) is 23.1 Å². The van der Waals surface area contributed by atoms with Crippen molar-refractivity contribution in [1.82, 2.24) is 10.2 Å². The van der Waals surface area contributed by atoms with Crippen LogP contribution >= 0.6 is 23.1 Å². The van der Waals surface area contributed by atoms with Crippen molar-refractivity contribution in [2.24, 2.45) is 0 Å². The number of nitrogens with one attached hydrogen (secondary N) is 1. The highest BCUT2D eigenvalue weighted by atomic mass is 32.2. The maximum Gasteiger partial charge on any atom is 0.266 e. The summed E-state index contributed by atoms with van der Waals surface area (Å²) in [7, 11) is 0. The van der Waals surface area contributed by atoms with Gasteiger partial charge in [-0.15, -0.1) is 16.8 Å². The molecule has 134 valence electrons. The molecule has 1 amide bonds. The molecule has 1 aromatic carbocycles. The van der Waals surface area contributed by atoms with Crippen molar-refractivity contribution in [2.75, 3.05) is 11.1 Å². The first-order chi connectivity index (χ1) is 11.9. The molecule has 0 aliphatic heterocycles. The number of benzene rings is 1. The van der Waals surface area contributed by atoms with Gasteiger partial charge in [0.25, 0.3) is 5.91 Å². The molecule has 0 saturated heterocycles. The van der Waals surface area contributed by atoms with E-state index in [1.54, 1.807) is 13.0 Å². The van der Waals surface area contributed by atoms with Crippen LogP contribution in [0.2, 0.25) is 0 Å². The third kappa shape index (κ3) is 5.57. The molecule has 1 N–H and O–H groups in total. The van der Waals surface area contributed by atoms with Crippen LogP contribution in [0.3, 0.4) is 0 Å². The predicted molar refractivity (Wildman–Crippen MR) is 105 cm³/mol. The number of thioether (sulfide) groups is 1. The van der Waals surface area contributed by atoms with E-state index >= 15 is 0 Å². The summed E-state index contributed by atoms with van der Waals surface area (Å²) in [6.45, 7) is 11.6. The average Bonchev–Trinajstić information content (AvgIpc) is 3.00. The van der Waals surface area contributed by atoms with Crippen LogP contribution in [-0.2, 0) is 4.79 Å². The molecule has 0 aliphatic carbocycles. The van der Waals surface area contributed by atoms with Gasteiger partial charge in [-0.3, -0.25) is 10.1 Å². The zero-order chi connectivity index (χ0) is 18.4. The molecule has 0 fully saturated rings. The molecule has 1 heterocycles. The molecule has 1 aromatic heterocycles. The number of aryl methyl sites for hydroxylation is 1. The van der Waals surface area contributed by atoms with Gasteiger partial charge in [-0.05, 0) is 37.0 Å². The first-order valence-corrected chi connectivity index (χ1v) is 9.86.